The third-order valence-corrected chi connectivity index (χ3v) is 4.02. The minimum atomic E-state index is -0.831. The van der Waals surface area contributed by atoms with Gasteiger partial charge in [0.2, 0.25) is 0 Å². The summed E-state index contributed by atoms with van der Waals surface area (Å²) in [6.45, 7) is 9.79. The summed E-state index contributed by atoms with van der Waals surface area (Å²) in [6, 6.07) is 0. The van der Waals surface area contributed by atoms with Gasteiger partial charge in [0.25, 0.3) is 0 Å². The average Bonchev–Trinajstić information content (AvgIpc) is 2.78. The van der Waals surface area contributed by atoms with Gasteiger partial charge in [-0.05, 0) is 27.2 Å². The van der Waals surface area contributed by atoms with Crippen LogP contribution in [-0.4, -0.2) is 46.5 Å². The fraction of sp³-hybridized carbons (Fsp3) is 0.733. The summed E-state index contributed by atoms with van der Waals surface area (Å²) in [4.78, 5) is 8.88. The van der Waals surface area contributed by atoms with Crippen molar-refractivity contribution in [1.29, 1.82) is 0 Å². The van der Waals surface area contributed by atoms with E-state index in [0.29, 0.717) is 25.4 Å². The fourth-order valence-corrected chi connectivity index (χ4v) is 2.46. The lowest BCUT2D eigenvalue weighted by atomic mass is 9.97. The lowest BCUT2D eigenvalue weighted by Gasteiger charge is -2.27. The molecular formula is C15H26N4O2. The van der Waals surface area contributed by atoms with Crippen molar-refractivity contribution < 1.29 is 9.84 Å². The molecule has 0 saturated carbocycles. The van der Waals surface area contributed by atoms with Crippen LogP contribution in [0.15, 0.2) is 0 Å². The molecule has 1 aliphatic heterocycles. The van der Waals surface area contributed by atoms with Crippen molar-refractivity contribution in [2.45, 2.75) is 52.2 Å². The molecule has 2 heterocycles. The number of nitrogens with zero attached hydrogens (tertiary/aromatic N) is 2. The van der Waals surface area contributed by atoms with Crippen LogP contribution in [0.2, 0.25) is 0 Å². The van der Waals surface area contributed by atoms with Crippen molar-refractivity contribution in [2.75, 3.05) is 30.3 Å². The normalized spacial score (nSPS) is 25.1. The molecule has 1 aromatic rings. The van der Waals surface area contributed by atoms with E-state index >= 15 is 0 Å². The monoisotopic (exact) mass is 294 g/mol. The average molecular weight is 294 g/mol. The highest BCUT2D eigenvalue weighted by molar-refractivity contribution is 5.57. The van der Waals surface area contributed by atoms with Crippen LogP contribution in [0.3, 0.4) is 0 Å². The lowest BCUT2D eigenvalue weighted by molar-refractivity contribution is -0.0176. The van der Waals surface area contributed by atoms with E-state index in [4.69, 9.17) is 4.74 Å². The van der Waals surface area contributed by atoms with Gasteiger partial charge >= 0.3 is 0 Å². The summed E-state index contributed by atoms with van der Waals surface area (Å²) >= 11 is 0. The first-order valence-corrected chi connectivity index (χ1v) is 7.63. The summed E-state index contributed by atoms with van der Waals surface area (Å²) < 4.78 is 5.45. The Bertz CT molecular complexity index is 495. The smallest absolute Gasteiger partial charge is 0.134 e. The van der Waals surface area contributed by atoms with Crippen molar-refractivity contribution in [3.8, 4) is 0 Å². The first-order valence-electron chi connectivity index (χ1n) is 7.63. The maximum absolute atomic E-state index is 10.5. The standard InChI is InChI=1S/C15H26N4O2/c1-5-7-16-13-10(2)14(19-12(4)18-13)17-9-15(20)6-8-21-11(15)3/h11,20H,5-9H2,1-4H3,(H2,16,17,18,19). The molecule has 0 bridgehead atoms. The summed E-state index contributed by atoms with van der Waals surface area (Å²) in [7, 11) is 0. The number of ether oxygens (including phenoxy) is 1. The minimum absolute atomic E-state index is 0.161. The van der Waals surface area contributed by atoms with Gasteiger partial charge in [-0.3, -0.25) is 0 Å². The molecule has 0 radical (unpaired) electrons. The third-order valence-electron chi connectivity index (χ3n) is 4.02. The molecule has 2 rings (SSSR count). The van der Waals surface area contributed by atoms with E-state index in [-0.39, 0.29) is 6.10 Å². The second-order valence-corrected chi connectivity index (χ2v) is 5.74. The second kappa shape index (κ2) is 6.58. The molecule has 6 nitrogen and oxygen atoms in total. The highest BCUT2D eigenvalue weighted by Crippen LogP contribution is 2.27. The Balaban J connectivity index is 2.10. The molecule has 1 fully saturated rings. The summed E-state index contributed by atoms with van der Waals surface area (Å²) in [5.41, 5.74) is 0.145. The van der Waals surface area contributed by atoms with Crippen LogP contribution in [0.25, 0.3) is 0 Å². The highest BCUT2D eigenvalue weighted by atomic mass is 16.5. The number of aromatic nitrogens is 2. The molecule has 1 aliphatic rings. The zero-order valence-corrected chi connectivity index (χ0v) is 13.4. The number of hydrogen-bond acceptors (Lipinski definition) is 6. The van der Waals surface area contributed by atoms with E-state index in [2.05, 4.69) is 27.5 Å². The first-order chi connectivity index (χ1) is 9.96. The van der Waals surface area contributed by atoms with E-state index in [0.717, 1.165) is 30.2 Å². The van der Waals surface area contributed by atoms with E-state index in [1.165, 1.54) is 0 Å². The van der Waals surface area contributed by atoms with Crippen molar-refractivity contribution in [2.24, 2.45) is 0 Å². The van der Waals surface area contributed by atoms with Crippen LogP contribution in [0, 0.1) is 13.8 Å². The van der Waals surface area contributed by atoms with Gasteiger partial charge < -0.3 is 20.5 Å². The van der Waals surface area contributed by atoms with Gasteiger partial charge in [0, 0.05) is 31.7 Å². The maximum Gasteiger partial charge on any atom is 0.134 e. The van der Waals surface area contributed by atoms with E-state index in [1.54, 1.807) is 0 Å². The molecule has 118 valence electrons. The van der Waals surface area contributed by atoms with Crippen molar-refractivity contribution in [3.63, 3.8) is 0 Å². The Hall–Kier alpha value is -1.40. The summed E-state index contributed by atoms with van der Waals surface area (Å²) in [5, 5.41) is 17.1. The highest BCUT2D eigenvalue weighted by Gasteiger charge is 2.39. The Morgan fingerprint density at radius 3 is 2.52 bits per heavy atom. The number of rotatable bonds is 6. The topological polar surface area (TPSA) is 79.3 Å². The minimum Gasteiger partial charge on any atom is -0.385 e. The predicted octanol–water partition coefficient (Wildman–Crippen LogP) is 1.87. The molecule has 1 saturated heterocycles. The SMILES string of the molecule is CCCNc1nc(C)nc(NCC2(O)CCOC2C)c1C. The molecule has 3 N–H and O–H groups in total. The van der Waals surface area contributed by atoms with Crippen LogP contribution < -0.4 is 10.6 Å². The molecule has 0 aromatic carbocycles. The van der Waals surface area contributed by atoms with Crippen LogP contribution in [0.5, 0.6) is 0 Å². The largest absolute Gasteiger partial charge is 0.385 e. The molecule has 6 heteroatoms. The molecule has 21 heavy (non-hydrogen) atoms. The van der Waals surface area contributed by atoms with E-state index < -0.39 is 5.60 Å². The predicted molar refractivity (Wildman–Crippen MR) is 83.8 cm³/mol. The van der Waals surface area contributed by atoms with E-state index in [1.807, 2.05) is 20.8 Å². The molecule has 0 spiro atoms. The van der Waals surface area contributed by atoms with Gasteiger partial charge in [-0.25, -0.2) is 9.97 Å². The fourth-order valence-electron chi connectivity index (χ4n) is 2.46. The van der Waals surface area contributed by atoms with E-state index in [9.17, 15) is 5.11 Å². The number of hydrogen-bond donors (Lipinski definition) is 3. The molecule has 1 aromatic heterocycles. The lowest BCUT2D eigenvalue weighted by Crippen LogP contribution is -2.43. The molecule has 2 unspecified atom stereocenters. The zero-order chi connectivity index (χ0) is 15.5. The van der Waals surface area contributed by atoms with Crippen LogP contribution in [0.4, 0.5) is 11.6 Å². The van der Waals surface area contributed by atoms with Gasteiger partial charge in [0.05, 0.1) is 6.10 Å². The molecule has 0 aliphatic carbocycles. The Kier molecular flexibility index (Phi) is 5.00. The van der Waals surface area contributed by atoms with Crippen molar-refractivity contribution in [3.05, 3.63) is 11.4 Å². The Morgan fingerprint density at radius 1 is 1.29 bits per heavy atom. The van der Waals surface area contributed by atoms with Gasteiger partial charge in [-0.2, -0.15) is 0 Å². The quantitative estimate of drug-likeness (QED) is 0.743. The van der Waals surface area contributed by atoms with Gasteiger partial charge in [0.15, 0.2) is 0 Å². The molecular weight excluding hydrogens is 268 g/mol. The number of aryl methyl sites for hydroxylation is 1. The van der Waals surface area contributed by atoms with Gasteiger partial charge in [-0.1, -0.05) is 6.92 Å². The van der Waals surface area contributed by atoms with Crippen LogP contribution >= 0.6 is 0 Å². The number of aliphatic hydroxyl groups is 1. The van der Waals surface area contributed by atoms with Crippen molar-refractivity contribution in [1.82, 2.24) is 9.97 Å². The zero-order valence-electron chi connectivity index (χ0n) is 13.4. The van der Waals surface area contributed by atoms with Crippen LogP contribution in [-0.2, 0) is 4.74 Å². The first kappa shape index (κ1) is 16.0. The molecule has 2 atom stereocenters. The second-order valence-electron chi connectivity index (χ2n) is 5.74. The third kappa shape index (κ3) is 3.63. The Morgan fingerprint density at radius 2 is 1.95 bits per heavy atom. The Labute approximate surface area is 126 Å². The molecule has 0 amide bonds. The maximum atomic E-state index is 10.5. The van der Waals surface area contributed by atoms with Crippen molar-refractivity contribution >= 4 is 11.6 Å². The van der Waals surface area contributed by atoms with Gasteiger partial charge in [-0.15, -0.1) is 0 Å². The van der Waals surface area contributed by atoms with Gasteiger partial charge in [0.1, 0.15) is 23.1 Å². The number of anilines is 2. The summed E-state index contributed by atoms with van der Waals surface area (Å²) in [6.07, 6.45) is 1.52. The summed E-state index contributed by atoms with van der Waals surface area (Å²) in [5.74, 6) is 2.34. The number of nitrogens with one attached hydrogen (secondary N) is 2. The van der Waals surface area contributed by atoms with Crippen LogP contribution in [0.1, 0.15) is 38.1 Å².